The zero-order valence-electron chi connectivity index (χ0n) is 14.7. The van der Waals surface area contributed by atoms with Gasteiger partial charge >= 0.3 is 0 Å². The molecular weight excluding hydrogens is 373 g/mol. The molecule has 0 bridgehead atoms. The normalized spacial score (nSPS) is 11.7. The maximum absolute atomic E-state index is 12.0. The van der Waals surface area contributed by atoms with E-state index in [2.05, 4.69) is 5.32 Å². The first kappa shape index (κ1) is 20.3. The lowest BCUT2D eigenvalue weighted by molar-refractivity contribution is -0.121. The van der Waals surface area contributed by atoms with Crippen LogP contribution in [0.4, 0.5) is 0 Å². The maximum atomic E-state index is 12.0. The Morgan fingerprint density at radius 2 is 1.77 bits per heavy atom. The monoisotopic (exact) mass is 393 g/mol. The minimum absolute atomic E-state index is 0.0179. The van der Waals surface area contributed by atoms with Crippen molar-refractivity contribution in [3.8, 4) is 5.75 Å². The number of halogens is 2. The first-order valence-electron chi connectivity index (χ1n) is 8.35. The molecular formula is C20H21Cl2NO3. The molecule has 0 fully saturated rings. The van der Waals surface area contributed by atoms with Gasteiger partial charge in [0.05, 0.1) is 22.7 Å². The third kappa shape index (κ3) is 6.04. The number of ketones is 1. The third-order valence-electron chi connectivity index (χ3n) is 3.90. The molecule has 0 saturated heterocycles. The second-order valence-electron chi connectivity index (χ2n) is 6.00. The molecule has 0 saturated carbocycles. The maximum Gasteiger partial charge on any atom is 0.220 e. The van der Waals surface area contributed by atoms with E-state index in [1.54, 1.807) is 36.4 Å². The van der Waals surface area contributed by atoms with Crippen LogP contribution < -0.4 is 10.1 Å². The zero-order valence-corrected chi connectivity index (χ0v) is 16.2. The lowest BCUT2D eigenvalue weighted by atomic mass is 10.1. The molecule has 26 heavy (non-hydrogen) atoms. The zero-order chi connectivity index (χ0) is 19.1. The number of Topliss-reactive ketones (excluding diaryl/α,β-unsaturated/α-hetero) is 1. The Hall–Kier alpha value is -2.04. The van der Waals surface area contributed by atoms with Crippen molar-refractivity contribution in [2.24, 2.45) is 0 Å². The van der Waals surface area contributed by atoms with Crippen LogP contribution in [0.1, 0.15) is 48.7 Å². The van der Waals surface area contributed by atoms with E-state index in [-0.39, 0.29) is 17.7 Å². The lowest BCUT2D eigenvalue weighted by Gasteiger charge is -2.15. The summed E-state index contributed by atoms with van der Waals surface area (Å²) in [5.74, 6) is 0.642. The summed E-state index contributed by atoms with van der Waals surface area (Å²) < 4.78 is 5.59. The van der Waals surface area contributed by atoms with Gasteiger partial charge in [0.25, 0.3) is 0 Å². The highest BCUT2D eigenvalue weighted by molar-refractivity contribution is 6.42. The molecule has 0 spiro atoms. The summed E-state index contributed by atoms with van der Waals surface area (Å²) in [6, 6.07) is 12.1. The highest BCUT2D eigenvalue weighted by Gasteiger charge is 2.11. The van der Waals surface area contributed by atoms with E-state index in [0.717, 1.165) is 5.56 Å². The van der Waals surface area contributed by atoms with Crippen molar-refractivity contribution in [2.75, 3.05) is 6.61 Å². The Morgan fingerprint density at radius 3 is 2.38 bits per heavy atom. The van der Waals surface area contributed by atoms with Crippen LogP contribution in [0.25, 0.3) is 0 Å². The van der Waals surface area contributed by atoms with Gasteiger partial charge in [0.2, 0.25) is 5.91 Å². The molecule has 138 valence electrons. The molecule has 0 aliphatic carbocycles. The minimum Gasteiger partial charge on any atom is -0.494 e. The molecule has 2 aromatic rings. The van der Waals surface area contributed by atoms with Crippen LogP contribution in [-0.2, 0) is 4.79 Å². The molecule has 1 unspecified atom stereocenters. The van der Waals surface area contributed by atoms with Crippen molar-refractivity contribution >= 4 is 34.9 Å². The first-order chi connectivity index (χ1) is 12.4. The average Bonchev–Trinajstić information content (AvgIpc) is 2.61. The lowest BCUT2D eigenvalue weighted by Crippen LogP contribution is -2.26. The molecule has 0 aliphatic rings. The minimum atomic E-state index is -0.155. The summed E-state index contributed by atoms with van der Waals surface area (Å²) in [7, 11) is 0. The molecule has 2 aromatic carbocycles. The molecule has 0 aliphatic heterocycles. The van der Waals surface area contributed by atoms with E-state index < -0.39 is 0 Å². The Morgan fingerprint density at radius 1 is 1.08 bits per heavy atom. The Balaban J connectivity index is 1.72. The number of ether oxygens (including phenoxy) is 1. The van der Waals surface area contributed by atoms with Crippen LogP contribution >= 0.6 is 23.2 Å². The van der Waals surface area contributed by atoms with Crippen molar-refractivity contribution in [3.05, 3.63) is 63.6 Å². The summed E-state index contributed by atoms with van der Waals surface area (Å²) in [6.07, 6.45) is 0.950. The van der Waals surface area contributed by atoms with E-state index in [4.69, 9.17) is 27.9 Å². The SMILES string of the molecule is CC(=O)c1ccc(OCCCC(=O)NC(C)c2ccc(Cl)c(Cl)c2)cc1. The molecule has 0 heterocycles. The van der Waals surface area contributed by atoms with Gasteiger partial charge in [-0.05, 0) is 62.2 Å². The fourth-order valence-electron chi connectivity index (χ4n) is 2.39. The van der Waals surface area contributed by atoms with Gasteiger partial charge in [-0.15, -0.1) is 0 Å². The molecule has 0 aromatic heterocycles. The van der Waals surface area contributed by atoms with Crippen LogP contribution in [0.5, 0.6) is 5.75 Å². The molecule has 1 N–H and O–H groups in total. The molecule has 0 radical (unpaired) electrons. The Labute approximate surface area is 163 Å². The van der Waals surface area contributed by atoms with Crippen molar-refractivity contribution < 1.29 is 14.3 Å². The second-order valence-corrected chi connectivity index (χ2v) is 6.81. The van der Waals surface area contributed by atoms with Gasteiger partial charge in [-0.3, -0.25) is 9.59 Å². The number of amides is 1. The summed E-state index contributed by atoms with van der Waals surface area (Å²) in [4.78, 5) is 23.3. The van der Waals surface area contributed by atoms with Crippen molar-refractivity contribution in [1.29, 1.82) is 0 Å². The molecule has 6 heteroatoms. The molecule has 1 atom stereocenters. The highest BCUT2D eigenvalue weighted by atomic mass is 35.5. The summed E-state index contributed by atoms with van der Waals surface area (Å²) in [6.45, 7) is 3.84. The first-order valence-corrected chi connectivity index (χ1v) is 9.10. The van der Waals surface area contributed by atoms with Crippen LogP contribution in [0.15, 0.2) is 42.5 Å². The van der Waals surface area contributed by atoms with Crippen molar-refractivity contribution in [1.82, 2.24) is 5.32 Å². The highest BCUT2D eigenvalue weighted by Crippen LogP contribution is 2.25. The van der Waals surface area contributed by atoms with E-state index >= 15 is 0 Å². The number of benzene rings is 2. The number of nitrogens with one attached hydrogen (secondary N) is 1. The quantitative estimate of drug-likeness (QED) is 0.493. The van der Waals surface area contributed by atoms with E-state index in [1.807, 2.05) is 13.0 Å². The fourth-order valence-corrected chi connectivity index (χ4v) is 2.69. The van der Waals surface area contributed by atoms with Crippen LogP contribution in [0.2, 0.25) is 10.0 Å². The van der Waals surface area contributed by atoms with Gasteiger partial charge in [-0.25, -0.2) is 0 Å². The van der Waals surface area contributed by atoms with Gasteiger partial charge in [0.1, 0.15) is 5.75 Å². The van der Waals surface area contributed by atoms with E-state index in [9.17, 15) is 9.59 Å². The van der Waals surface area contributed by atoms with E-state index in [1.165, 1.54) is 6.92 Å². The van der Waals surface area contributed by atoms with E-state index in [0.29, 0.717) is 40.8 Å². The summed E-state index contributed by atoms with van der Waals surface area (Å²) in [5, 5.41) is 3.88. The molecule has 1 amide bonds. The predicted molar refractivity (Wildman–Crippen MR) is 104 cm³/mol. The summed E-state index contributed by atoms with van der Waals surface area (Å²) >= 11 is 11.9. The average molecular weight is 394 g/mol. The number of hydrogen-bond donors (Lipinski definition) is 1. The van der Waals surface area contributed by atoms with Crippen LogP contribution in [-0.4, -0.2) is 18.3 Å². The summed E-state index contributed by atoms with van der Waals surface area (Å²) in [5.41, 5.74) is 1.54. The fraction of sp³-hybridized carbons (Fsp3) is 0.300. The number of carbonyl (C=O) groups is 2. The number of rotatable bonds is 8. The second kappa shape index (κ2) is 9.60. The third-order valence-corrected chi connectivity index (χ3v) is 4.64. The smallest absolute Gasteiger partial charge is 0.220 e. The van der Waals surface area contributed by atoms with Gasteiger partial charge in [-0.2, -0.15) is 0 Å². The Kier molecular flexibility index (Phi) is 7.49. The van der Waals surface area contributed by atoms with Crippen LogP contribution in [0, 0.1) is 0 Å². The number of hydrogen-bond acceptors (Lipinski definition) is 3. The van der Waals surface area contributed by atoms with Gasteiger partial charge in [-0.1, -0.05) is 29.3 Å². The molecule has 2 rings (SSSR count). The van der Waals surface area contributed by atoms with Gasteiger partial charge in [0, 0.05) is 12.0 Å². The Bertz CT molecular complexity index is 775. The standard InChI is InChI=1S/C20H21Cl2NO3/c1-13(16-7-10-18(21)19(22)12-16)23-20(25)4-3-11-26-17-8-5-15(6-9-17)14(2)24/h5-10,12-13H,3-4,11H2,1-2H3,(H,23,25). The van der Waals surface area contributed by atoms with Crippen molar-refractivity contribution in [2.45, 2.75) is 32.7 Å². The number of carbonyl (C=O) groups excluding carboxylic acids is 2. The molecule has 4 nitrogen and oxygen atoms in total. The van der Waals surface area contributed by atoms with Crippen LogP contribution in [0.3, 0.4) is 0 Å². The topological polar surface area (TPSA) is 55.4 Å². The van der Waals surface area contributed by atoms with Crippen molar-refractivity contribution in [3.63, 3.8) is 0 Å². The largest absolute Gasteiger partial charge is 0.494 e. The van der Waals surface area contributed by atoms with Gasteiger partial charge < -0.3 is 10.1 Å². The predicted octanol–water partition coefficient (Wildman–Crippen LogP) is 5.23. The van der Waals surface area contributed by atoms with Gasteiger partial charge in [0.15, 0.2) is 5.78 Å².